The number of benzene rings is 1. The Bertz CT molecular complexity index is 952. The number of carbonyl (C=O) groups excluding carboxylic acids is 2. The fourth-order valence-electron chi connectivity index (χ4n) is 4.53. The maximum absolute atomic E-state index is 13.2. The second-order valence-corrected chi connectivity index (χ2v) is 9.59. The van der Waals surface area contributed by atoms with Crippen LogP contribution in [0.2, 0.25) is 0 Å². The first-order valence-electron chi connectivity index (χ1n) is 11.1. The number of pyridine rings is 1. The van der Waals surface area contributed by atoms with E-state index >= 15 is 0 Å². The van der Waals surface area contributed by atoms with Crippen LogP contribution in [0.5, 0.6) is 0 Å². The van der Waals surface area contributed by atoms with Gasteiger partial charge in [0.1, 0.15) is 5.60 Å². The van der Waals surface area contributed by atoms with E-state index in [4.69, 9.17) is 4.74 Å². The van der Waals surface area contributed by atoms with Gasteiger partial charge in [0.05, 0.1) is 0 Å². The Morgan fingerprint density at radius 2 is 1.97 bits per heavy atom. The van der Waals surface area contributed by atoms with Gasteiger partial charge in [-0.25, -0.2) is 4.79 Å². The highest BCUT2D eigenvalue weighted by Gasteiger charge is 2.35. The first kappa shape index (κ1) is 21.3. The quantitative estimate of drug-likeness (QED) is 0.801. The fraction of sp³-hybridized carbons (Fsp3) is 0.480. The molecule has 2 aliphatic rings. The van der Waals surface area contributed by atoms with Crippen molar-refractivity contribution in [3.05, 3.63) is 53.9 Å². The standard InChI is InChI=1S/C25H31N3O3/c1-25(2,3)31-24(30)27-22-9-8-19(14-22)23(29)28-12-10-17-6-7-18(13-21(17)16-28)20-5-4-11-26-15-20/h4-7,11,13,15,19,22H,8-10,12,14,16H2,1-3H3,(H,27,30)/t19?,22-/m1/s1. The number of nitrogens with one attached hydrogen (secondary N) is 1. The van der Waals surface area contributed by atoms with Crippen LogP contribution in [0.1, 0.15) is 51.2 Å². The van der Waals surface area contributed by atoms with Crippen LogP contribution < -0.4 is 5.32 Å². The summed E-state index contributed by atoms with van der Waals surface area (Å²) in [6.45, 7) is 6.94. The fourth-order valence-corrected chi connectivity index (χ4v) is 4.53. The van der Waals surface area contributed by atoms with E-state index in [1.165, 1.54) is 11.1 Å². The van der Waals surface area contributed by atoms with Crippen LogP contribution in [-0.2, 0) is 22.5 Å². The third kappa shape index (κ3) is 5.24. The molecule has 2 aromatic rings. The maximum atomic E-state index is 13.2. The van der Waals surface area contributed by atoms with Crippen molar-refractivity contribution in [3.8, 4) is 11.1 Å². The number of nitrogens with zero attached hydrogens (tertiary/aromatic N) is 2. The second-order valence-electron chi connectivity index (χ2n) is 9.59. The lowest BCUT2D eigenvalue weighted by molar-refractivity contribution is -0.136. The molecule has 2 atom stereocenters. The zero-order valence-corrected chi connectivity index (χ0v) is 18.6. The highest BCUT2D eigenvalue weighted by Crippen LogP contribution is 2.31. The van der Waals surface area contributed by atoms with Crippen LogP contribution >= 0.6 is 0 Å². The Morgan fingerprint density at radius 3 is 2.71 bits per heavy atom. The van der Waals surface area contributed by atoms with Crippen molar-refractivity contribution in [2.24, 2.45) is 5.92 Å². The van der Waals surface area contributed by atoms with E-state index in [2.05, 4.69) is 34.6 Å². The van der Waals surface area contributed by atoms with Crippen molar-refractivity contribution >= 4 is 12.0 Å². The monoisotopic (exact) mass is 421 g/mol. The summed E-state index contributed by atoms with van der Waals surface area (Å²) in [6, 6.07) is 10.5. The molecule has 6 heteroatoms. The second kappa shape index (κ2) is 8.69. The normalized spacial score (nSPS) is 20.8. The minimum absolute atomic E-state index is 0.00180. The number of carbonyl (C=O) groups is 2. The average molecular weight is 422 g/mol. The molecule has 1 aliphatic heterocycles. The number of hydrogen-bond donors (Lipinski definition) is 1. The lowest BCUT2D eigenvalue weighted by atomic mass is 9.94. The van der Waals surface area contributed by atoms with Gasteiger partial charge in [0.2, 0.25) is 5.91 Å². The van der Waals surface area contributed by atoms with E-state index in [1.807, 2.05) is 37.9 Å². The minimum Gasteiger partial charge on any atom is -0.444 e. The molecule has 1 saturated carbocycles. The van der Waals surface area contributed by atoms with E-state index in [-0.39, 0.29) is 17.9 Å². The van der Waals surface area contributed by atoms with Gasteiger partial charge < -0.3 is 15.0 Å². The van der Waals surface area contributed by atoms with Crippen LogP contribution in [0, 0.1) is 5.92 Å². The van der Waals surface area contributed by atoms with Crippen LogP contribution in [0.3, 0.4) is 0 Å². The average Bonchev–Trinajstić information content (AvgIpc) is 3.20. The van der Waals surface area contributed by atoms with E-state index in [0.717, 1.165) is 36.9 Å². The highest BCUT2D eigenvalue weighted by atomic mass is 16.6. The summed E-state index contributed by atoms with van der Waals surface area (Å²) >= 11 is 0. The predicted molar refractivity (Wildman–Crippen MR) is 119 cm³/mol. The lowest BCUT2D eigenvalue weighted by Crippen LogP contribution is -2.41. The number of aromatic nitrogens is 1. The Balaban J connectivity index is 1.37. The zero-order valence-electron chi connectivity index (χ0n) is 18.6. The van der Waals surface area contributed by atoms with Gasteiger partial charge in [0.15, 0.2) is 0 Å². The molecule has 2 heterocycles. The van der Waals surface area contributed by atoms with E-state index in [9.17, 15) is 9.59 Å². The summed E-state index contributed by atoms with van der Waals surface area (Å²) < 4.78 is 5.35. The number of amides is 2. The summed E-state index contributed by atoms with van der Waals surface area (Å²) in [5, 5.41) is 2.93. The van der Waals surface area contributed by atoms with Gasteiger partial charge in [-0.05, 0) is 80.8 Å². The van der Waals surface area contributed by atoms with Crippen molar-refractivity contribution in [3.63, 3.8) is 0 Å². The Labute approximate surface area is 184 Å². The number of fused-ring (bicyclic) bond motifs is 1. The number of ether oxygens (including phenoxy) is 1. The molecule has 0 spiro atoms. The molecule has 4 rings (SSSR count). The third-order valence-corrected chi connectivity index (χ3v) is 6.03. The smallest absolute Gasteiger partial charge is 0.407 e. The molecular weight excluding hydrogens is 390 g/mol. The van der Waals surface area contributed by atoms with Crippen LogP contribution in [0.4, 0.5) is 4.79 Å². The van der Waals surface area contributed by atoms with Crippen molar-refractivity contribution < 1.29 is 14.3 Å². The highest BCUT2D eigenvalue weighted by molar-refractivity contribution is 5.80. The number of alkyl carbamates (subject to hydrolysis) is 1. The van der Waals surface area contributed by atoms with Crippen LogP contribution in [-0.4, -0.2) is 40.1 Å². The molecule has 0 saturated heterocycles. The molecule has 1 N–H and O–H groups in total. The van der Waals surface area contributed by atoms with Crippen LogP contribution in [0.25, 0.3) is 11.1 Å². The van der Waals surface area contributed by atoms with E-state index < -0.39 is 11.7 Å². The Hall–Kier alpha value is -2.89. The zero-order chi connectivity index (χ0) is 22.0. The van der Waals surface area contributed by atoms with Gasteiger partial charge in [0.25, 0.3) is 0 Å². The van der Waals surface area contributed by atoms with Gasteiger partial charge in [-0.15, -0.1) is 0 Å². The van der Waals surface area contributed by atoms with E-state index in [0.29, 0.717) is 13.0 Å². The molecule has 2 amide bonds. The molecule has 6 nitrogen and oxygen atoms in total. The molecule has 31 heavy (non-hydrogen) atoms. The molecular formula is C25H31N3O3. The summed E-state index contributed by atoms with van der Waals surface area (Å²) in [6.07, 6.45) is 6.40. The van der Waals surface area contributed by atoms with Crippen molar-refractivity contribution in [2.45, 2.75) is 64.6 Å². The molecule has 1 aliphatic carbocycles. The Kier molecular flexibility index (Phi) is 5.99. The molecule has 0 radical (unpaired) electrons. The van der Waals surface area contributed by atoms with Crippen molar-refractivity contribution in [2.75, 3.05) is 6.54 Å². The molecule has 1 fully saturated rings. The minimum atomic E-state index is -0.520. The summed E-state index contributed by atoms with van der Waals surface area (Å²) in [5.74, 6) is 0.161. The SMILES string of the molecule is CC(C)(C)OC(=O)N[C@@H]1CCC(C(=O)N2CCc3ccc(-c4cccnc4)cc3C2)C1. The third-order valence-electron chi connectivity index (χ3n) is 6.03. The molecule has 1 aromatic heterocycles. The number of rotatable bonds is 3. The number of hydrogen-bond acceptors (Lipinski definition) is 4. The molecule has 0 bridgehead atoms. The summed E-state index contributed by atoms with van der Waals surface area (Å²) in [4.78, 5) is 31.4. The van der Waals surface area contributed by atoms with Gasteiger partial charge >= 0.3 is 6.09 Å². The van der Waals surface area contributed by atoms with Gasteiger partial charge in [-0.3, -0.25) is 9.78 Å². The topological polar surface area (TPSA) is 71.5 Å². The van der Waals surface area contributed by atoms with E-state index in [1.54, 1.807) is 6.20 Å². The summed E-state index contributed by atoms with van der Waals surface area (Å²) in [7, 11) is 0. The largest absolute Gasteiger partial charge is 0.444 e. The van der Waals surface area contributed by atoms with Crippen molar-refractivity contribution in [1.29, 1.82) is 0 Å². The van der Waals surface area contributed by atoms with Gasteiger partial charge in [0, 0.05) is 37.4 Å². The van der Waals surface area contributed by atoms with Gasteiger partial charge in [-0.1, -0.05) is 18.2 Å². The maximum Gasteiger partial charge on any atom is 0.407 e. The first-order chi connectivity index (χ1) is 14.8. The first-order valence-corrected chi connectivity index (χ1v) is 11.1. The Morgan fingerprint density at radius 1 is 1.13 bits per heavy atom. The molecule has 164 valence electrons. The van der Waals surface area contributed by atoms with Crippen molar-refractivity contribution in [1.82, 2.24) is 15.2 Å². The molecule has 1 aromatic carbocycles. The summed E-state index contributed by atoms with van der Waals surface area (Å²) in [5.41, 5.74) is 4.22. The predicted octanol–water partition coefficient (Wildman–Crippen LogP) is 4.33. The molecule has 1 unspecified atom stereocenters. The lowest BCUT2D eigenvalue weighted by Gasteiger charge is -2.31. The van der Waals surface area contributed by atoms with Crippen LogP contribution in [0.15, 0.2) is 42.7 Å². The van der Waals surface area contributed by atoms with Gasteiger partial charge in [-0.2, -0.15) is 0 Å².